The van der Waals surface area contributed by atoms with Crippen molar-refractivity contribution in [3.8, 4) is 0 Å². The van der Waals surface area contributed by atoms with Crippen molar-refractivity contribution >= 4 is 21.6 Å². The molecule has 0 saturated carbocycles. The normalized spacial score (nSPS) is 11.6. The maximum Gasteiger partial charge on any atom is 0.243 e. The Kier molecular flexibility index (Phi) is 5.52. The van der Waals surface area contributed by atoms with Crippen LogP contribution in [0.4, 0.5) is 4.39 Å². The van der Waals surface area contributed by atoms with E-state index < -0.39 is 20.7 Å². The summed E-state index contributed by atoms with van der Waals surface area (Å²) in [6, 6.07) is 10.7. The Morgan fingerprint density at radius 2 is 1.91 bits per heavy atom. The zero-order valence-corrected chi connectivity index (χ0v) is 13.4. The number of hydrogen-bond acceptors (Lipinski definition) is 3. The number of hydrogen-bond donors (Lipinski definition) is 1. The molecule has 4 nitrogen and oxygen atoms in total. The highest BCUT2D eigenvalue weighted by Crippen LogP contribution is 2.19. The first kappa shape index (κ1) is 16.9. The first-order chi connectivity index (χ1) is 10.4. The zero-order chi connectivity index (χ0) is 16.2. The first-order valence-electron chi connectivity index (χ1n) is 6.44. The molecule has 0 spiro atoms. The molecule has 0 heterocycles. The number of ether oxygens (including phenoxy) is 1. The van der Waals surface area contributed by atoms with Crippen LogP contribution in [0.1, 0.15) is 11.1 Å². The molecule has 0 aliphatic rings. The summed E-state index contributed by atoms with van der Waals surface area (Å²) in [5, 5.41) is 0.142. The Balaban J connectivity index is 2.14. The van der Waals surface area contributed by atoms with E-state index in [4.69, 9.17) is 16.3 Å². The summed E-state index contributed by atoms with van der Waals surface area (Å²) >= 11 is 5.62. The van der Waals surface area contributed by atoms with E-state index in [-0.39, 0.29) is 11.6 Å². The van der Waals surface area contributed by atoms with E-state index in [0.29, 0.717) is 6.61 Å². The van der Waals surface area contributed by atoms with E-state index in [0.717, 1.165) is 23.3 Å². The van der Waals surface area contributed by atoms with E-state index in [2.05, 4.69) is 4.72 Å². The van der Waals surface area contributed by atoms with Crippen LogP contribution in [0, 0.1) is 5.82 Å². The molecule has 2 aromatic carbocycles. The van der Waals surface area contributed by atoms with Gasteiger partial charge in [-0.1, -0.05) is 35.9 Å². The number of methoxy groups -OCH3 is 1. The molecule has 0 amide bonds. The summed E-state index contributed by atoms with van der Waals surface area (Å²) < 4.78 is 45.4. The van der Waals surface area contributed by atoms with Gasteiger partial charge in [-0.2, -0.15) is 0 Å². The van der Waals surface area contributed by atoms with Gasteiger partial charge >= 0.3 is 0 Å². The SMILES string of the molecule is COCc1cccc(CNS(=O)(=O)c2ccc(Cl)cc2F)c1. The van der Waals surface area contributed by atoms with Gasteiger partial charge < -0.3 is 4.74 Å². The van der Waals surface area contributed by atoms with Gasteiger partial charge in [0.15, 0.2) is 0 Å². The molecule has 2 rings (SSSR count). The van der Waals surface area contributed by atoms with Crippen LogP contribution in [0.2, 0.25) is 5.02 Å². The molecule has 7 heteroatoms. The highest BCUT2D eigenvalue weighted by atomic mass is 35.5. The van der Waals surface area contributed by atoms with Crippen molar-refractivity contribution in [2.45, 2.75) is 18.0 Å². The minimum Gasteiger partial charge on any atom is -0.380 e. The van der Waals surface area contributed by atoms with Crippen molar-refractivity contribution in [1.29, 1.82) is 0 Å². The summed E-state index contributed by atoms with van der Waals surface area (Å²) in [5.41, 5.74) is 1.68. The van der Waals surface area contributed by atoms with Crippen LogP contribution in [0.15, 0.2) is 47.4 Å². The van der Waals surface area contributed by atoms with Crippen molar-refractivity contribution < 1.29 is 17.5 Å². The lowest BCUT2D eigenvalue weighted by Gasteiger charge is -2.09. The first-order valence-corrected chi connectivity index (χ1v) is 8.30. The maximum absolute atomic E-state index is 13.7. The predicted octanol–water partition coefficient (Wildman–Crippen LogP) is 3.10. The summed E-state index contributed by atoms with van der Waals surface area (Å²) in [6.07, 6.45) is 0. The fourth-order valence-corrected chi connectivity index (χ4v) is 3.18. The summed E-state index contributed by atoms with van der Waals surface area (Å²) in [5.74, 6) is -0.881. The van der Waals surface area contributed by atoms with Crippen molar-refractivity contribution in [1.82, 2.24) is 4.72 Å². The van der Waals surface area contributed by atoms with E-state index in [1.54, 1.807) is 19.2 Å². The summed E-state index contributed by atoms with van der Waals surface area (Å²) in [7, 11) is -2.36. The highest BCUT2D eigenvalue weighted by molar-refractivity contribution is 7.89. The summed E-state index contributed by atoms with van der Waals surface area (Å²) in [4.78, 5) is -0.426. The molecule has 0 saturated heterocycles. The molecule has 118 valence electrons. The number of rotatable bonds is 6. The number of nitrogens with one attached hydrogen (secondary N) is 1. The number of halogens is 2. The van der Waals surface area contributed by atoms with Gasteiger partial charge in [-0.05, 0) is 29.3 Å². The van der Waals surface area contributed by atoms with E-state index in [1.165, 1.54) is 6.07 Å². The summed E-state index contributed by atoms with van der Waals surface area (Å²) in [6.45, 7) is 0.494. The second-order valence-electron chi connectivity index (χ2n) is 4.65. The Morgan fingerprint density at radius 3 is 2.59 bits per heavy atom. The molecule has 0 aliphatic carbocycles. The van der Waals surface area contributed by atoms with E-state index >= 15 is 0 Å². The van der Waals surface area contributed by atoms with Gasteiger partial charge in [0, 0.05) is 18.7 Å². The average Bonchev–Trinajstić information content (AvgIpc) is 2.46. The fraction of sp³-hybridized carbons (Fsp3) is 0.200. The second-order valence-corrected chi connectivity index (χ2v) is 6.82. The van der Waals surface area contributed by atoms with Crippen LogP contribution >= 0.6 is 11.6 Å². The number of benzene rings is 2. The smallest absolute Gasteiger partial charge is 0.243 e. The monoisotopic (exact) mass is 343 g/mol. The molecule has 0 atom stereocenters. The quantitative estimate of drug-likeness (QED) is 0.876. The van der Waals surface area contributed by atoms with Crippen LogP contribution in [0.5, 0.6) is 0 Å². The lowest BCUT2D eigenvalue weighted by molar-refractivity contribution is 0.185. The lowest BCUT2D eigenvalue weighted by Crippen LogP contribution is -2.24. The van der Waals surface area contributed by atoms with Crippen LogP contribution in [-0.2, 0) is 27.9 Å². The molecular formula is C15H15ClFNO3S. The van der Waals surface area contributed by atoms with Crippen molar-refractivity contribution in [3.05, 3.63) is 64.4 Å². The third kappa shape index (κ3) is 4.27. The molecule has 0 unspecified atom stereocenters. The topological polar surface area (TPSA) is 55.4 Å². The molecule has 0 radical (unpaired) electrons. The Morgan fingerprint density at radius 1 is 1.18 bits per heavy atom. The van der Waals surface area contributed by atoms with Crippen LogP contribution in [0.3, 0.4) is 0 Å². The standard InChI is InChI=1S/C15H15ClFNO3S/c1-21-10-12-4-2-3-11(7-12)9-18-22(19,20)15-6-5-13(16)8-14(15)17/h2-8,18H,9-10H2,1H3. The second kappa shape index (κ2) is 7.19. The molecule has 22 heavy (non-hydrogen) atoms. The molecule has 0 bridgehead atoms. The lowest BCUT2D eigenvalue weighted by atomic mass is 10.1. The molecule has 0 aliphatic heterocycles. The molecular weight excluding hydrogens is 329 g/mol. The highest BCUT2D eigenvalue weighted by Gasteiger charge is 2.18. The van der Waals surface area contributed by atoms with E-state index in [1.807, 2.05) is 12.1 Å². The Hall–Kier alpha value is -1.47. The predicted molar refractivity (Wildman–Crippen MR) is 82.6 cm³/mol. The minimum atomic E-state index is -3.95. The molecule has 0 fully saturated rings. The zero-order valence-electron chi connectivity index (χ0n) is 11.8. The van der Waals surface area contributed by atoms with Crippen LogP contribution in [0.25, 0.3) is 0 Å². The molecule has 1 N–H and O–H groups in total. The van der Waals surface area contributed by atoms with Crippen molar-refractivity contribution in [3.63, 3.8) is 0 Å². The van der Waals surface area contributed by atoms with Gasteiger partial charge in [0.25, 0.3) is 0 Å². The van der Waals surface area contributed by atoms with Crippen LogP contribution in [-0.4, -0.2) is 15.5 Å². The largest absolute Gasteiger partial charge is 0.380 e. The number of sulfonamides is 1. The third-order valence-corrected chi connectivity index (χ3v) is 4.62. The van der Waals surface area contributed by atoms with Gasteiger partial charge in [-0.3, -0.25) is 0 Å². The van der Waals surface area contributed by atoms with Crippen LogP contribution < -0.4 is 4.72 Å². The average molecular weight is 344 g/mol. The minimum absolute atomic E-state index is 0.0575. The van der Waals surface area contributed by atoms with Crippen molar-refractivity contribution in [2.24, 2.45) is 0 Å². The van der Waals surface area contributed by atoms with Gasteiger partial charge in [-0.25, -0.2) is 17.5 Å². The van der Waals surface area contributed by atoms with E-state index in [9.17, 15) is 12.8 Å². The Labute approximate surface area is 133 Å². The van der Waals surface area contributed by atoms with Gasteiger partial charge in [0.05, 0.1) is 6.61 Å². The van der Waals surface area contributed by atoms with Crippen molar-refractivity contribution in [2.75, 3.05) is 7.11 Å². The fourth-order valence-electron chi connectivity index (χ4n) is 1.95. The molecule has 2 aromatic rings. The van der Waals surface area contributed by atoms with Gasteiger partial charge in [0.1, 0.15) is 10.7 Å². The molecule has 0 aromatic heterocycles. The maximum atomic E-state index is 13.7. The van der Waals surface area contributed by atoms with Gasteiger partial charge in [-0.15, -0.1) is 0 Å². The third-order valence-electron chi connectivity index (χ3n) is 2.95. The Bertz CT molecular complexity index is 765. The van der Waals surface area contributed by atoms with Gasteiger partial charge in [0.2, 0.25) is 10.0 Å².